The zero-order valence-corrected chi connectivity index (χ0v) is 21.7. The minimum atomic E-state index is 0.357. The fourth-order valence-corrected chi connectivity index (χ4v) is 4.62. The number of nitrogens with zero attached hydrogens (tertiary/aromatic N) is 1. The predicted molar refractivity (Wildman–Crippen MR) is 148 cm³/mol. The molecule has 184 valence electrons. The second-order valence-electron chi connectivity index (χ2n) is 9.56. The zero-order valence-electron chi connectivity index (χ0n) is 21.7. The van der Waals surface area contributed by atoms with Crippen molar-refractivity contribution in [2.24, 2.45) is 0 Å². The van der Waals surface area contributed by atoms with E-state index in [1.807, 2.05) is 12.1 Å². The van der Waals surface area contributed by atoms with E-state index in [0.29, 0.717) is 5.92 Å². The van der Waals surface area contributed by atoms with E-state index in [1.165, 1.54) is 22.1 Å². The van der Waals surface area contributed by atoms with Crippen LogP contribution in [0.15, 0.2) is 60.7 Å². The number of aromatic amines is 1. The Kier molecular flexibility index (Phi) is 7.67. The summed E-state index contributed by atoms with van der Waals surface area (Å²) in [6.45, 7) is 6.56. The number of aromatic nitrogens is 1. The molecule has 0 aliphatic rings. The summed E-state index contributed by atoms with van der Waals surface area (Å²) in [6.07, 6.45) is 1.12. The largest absolute Gasteiger partial charge is 0.493 e. The number of rotatable bonds is 10. The molecule has 0 spiro atoms. The molecule has 0 unspecified atom stereocenters. The van der Waals surface area contributed by atoms with Crippen molar-refractivity contribution in [3.05, 3.63) is 66.2 Å². The average Bonchev–Trinajstić information content (AvgIpc) is 3.25. The second-order valence-corrected chi connectivity index (χ2v) is 9.56. The van der Waals surface area contributed by atoms with Gasteiger partial charge in [0.1, 0.15) is 0 Å². The fraction of sp³-hybridized carbons (Fsp3) is 0.333. The minimum absolute atomic E-state index is 0.357. The molecule has 3 aromatic carbocycles. The molecule has 0 amide bonds. The predicted octanol–water partition coefficient (Wildman–Crippen LogP) is 7.01. The monoisotopic (exact) mass is 471 g/mol. The van der Waals surface area contributed by atoms with Gasteiger partial charge in [-0.15, -0.1) is 0 Å². The van der Waals surface area contributed by atoms with E-state index < -0.39 is 0 Å². The molecule has 0 aliphatic carbocycles. The number of methoxy groups -OCH3 is 2. The van der Waals surface area contributed by atoms with Crippen LogP contribution in [0.4, 0.5) is 5.69 Å². The summed E-state index contributed by atoms with van der Waals surface area (Å²) < 4.78 is 11.0. The molecule has 0 saturated heterocycles. The standard InChI is InChI=1S/C30H37N3O2/c1-20(2)29-25-18-22(21-8-12-24(13-9-21)31-16-7-17-33(3)4)10-14-26(25)32-30(29)23-11-15-27(34-5)28(19-23)35-6/h8-15,18-20,31-32H,7,16-17H2,1-6H3. The van der Waals surface area contributed by atoms with E-state index in [1.54, 1.807) is 14.2 Å². The third-order valence-electron chi connectivity index (χ3n) is 6.42. The maximum absolute atomic E-state index is 5.55. The van der Waals surface area contributed by atoms with Gasteiger partial charge in [-0.25, -0.2) is 0 Å². The van der Waals surface area contributed by atoms with Gasteiger partial charge in [-0.3, -0.25) is 0 Å². The summed E-state index contributed by atoms with van der Waals surface area (Å²) in [4.78, 5) is 5.88. The SMILES string of the molecule is COc1ccc(-c2[nH]c3ccc(-c4ccc(NCCCN(C)C)cc4)cc3c2C(C)C)cc1OC. The Hall–Kier alpha value is -3.44. The Morgan fingerprint density at radius 1 is 0.829 bits per heavy atom. The lowest BCUT2D eigenvalue weighted by Gasteiger charge is -2.12. The Balaban J connectivity index is 1.65. The van der Waals surface area contributed by atoms with E-state index in [0.717, 1.165) is 53.5 Å². The third-order valence-corrected chi connectivity index (χ3v) is 6.42. The van der Waals surface area contributed by atoms with Crippen molar-refractivity contribution < 1.29 is 9.47 Å². The van der Waals surface area contributed by atoms with Crippen molar-refractivity contribution in [1.82, 2.24) is 9.88 Å². The lowest BCUT2D eigenvalue weighted by atomic mass is 9.94. The summed E-state index contributed by atoms with van der Waals surface area (Å²) in [5, 5.41) is 4.78. The Bertz CT molecular complexity index is 1270. The lowest BCUT2D eigenvalue weighted by Crippen LogP contribution is -2.16. The third kappa shape index (κ3) is 5.46. The molecule has 0 bridgehead atoms. The molecule has 1 heterocycles. The molecule has 0 radical (unpaired) electrons. The number of hydrogen-bond acceptors (Lipinski definition) is 4. The quantitative estimate of drug-likeness (QED) is 0.244. The van der Waals surface area contributed by atoms with Gasteiger partial charge in [0.15, 0.2) is 11.5 Å². The first-order chi connectivity index (χ1) is 16.9. The highest BCUT2D eigenvalue weighted by Gasteiger charge is 2.18. The Morgan fingerprint density at radius 3 is 2.17 bits per heavy atom. The van der Waals surface area contributed by atoms with E-state index in [4.69, 9.17) is 9.47 Å². The number of ether oxygens (including phenoxy) is 2. The second kappa shape index (κ2) is 10.9. The van der Waals surface area contributed by atoms with Gasteiger partial charge < -0.3 is 24.7 Å². The maximum atomic E-state index is 5.55. The van der Waals surface area contributed by atoms with Crippen molar-refractivity contribution in [3.63, 3.8) is 0 Å². The summed E-state index contributed by atoms with van der Waals surface area (Å²) in [5.41, 5.74) is 8.27. The molecular formula is C30H37N3O2. The molecular weight excluding hydrogens is 434 g/mol. The van der Waals surface area contributed by atoms with E-state index in [9.17, 15) is 0 Å². The Morgan fingerprint density at radius 2 is 1.51 bits per heavy atom. The molecule has 0 atom stereocenters. The molecule has 5 heteroatoms. The molecule has 1 aromatic heterocycles. The molecule has 0 fully saturated rings. The maximum Gasteiger partial charge on any atom is 0.161 e. The number of hydrogen-bond donors (Lipinski definition) is 2. The molecule has 4 rings (SSSR count). The average molecular weight is 472 g/mol. The molecule has 2 N–H and O–H groups in total. The van der Waals surface area contributed by atoms with Crippen LogP contribution in [0.25, 0.3) is 33.3 Å². The van der Waals surface area contributed by atoms with Crippen LogP contribution in [0.5, 0.6) is 11.5 Å². The number of H-pyrrole nitrogens is 1. The van der Waals surface area contributed by atoms with Gasteiger partial charge in [-0.05, 0) is 92.1 Å². The van der Waals surface area contributed by atoms with Gasteiger partial charge in [0.05, 0.1) is 19.9 Å². The summed E-state index contributed by atoms with van der Waals surface area (Å²) in [6, 6.07) is 21.5. The normalized spacial score (nSPS) is 11.4. The van der Waals surface area contributed by atoms with E-state index in [-0.39, 0.29) is 0 Å². The van der Waals surface area contributed by atoms with Gasteiger partial charge in [0.25, 0.3) is 0 Å². The number of nitrogens with one attached hydrogen (secondary N) is 2. The first-order valence-electron chi connectivity index (χ1n) is 12.3. The van der Waals surface area contributed by atoms with Crippen LogP contribution < -0.4 is 14.8 Å². The van der Waals surface area contributed by atoms with Gasteiger partial charge in [-0.1, -0.05) is 32.0 Å². The zero-order chi connectivity index (χ0) is 24.9. The van der Waals surface area contributed by atoms with E-state index >= 15 is 0 Å². The summed E-state index contributed by atoms with van der Waals surface area (Å²) in [5.74, 6) is 1.82. The fourth-order valence-electron chi connectivity index (χ4n) is 4.62. The molecule has 4 aromatic rings. The van der Waals surface area contributed by atoms with Crippen molar-refractivity contribution in [2.75, 3.05) is 46.7 Å². The smallest absolute Gasteiger partial charge is 0.161 e. The van der Waals surface area contributed by atoms with Crippen LogP contribution in [-0.2, 0) is 0 Å². The Labute approximate surface area is 209 Å². The minimum Gasteiger partial charge on any atom is -0.493 e. The topological polar surface area (TPSA) is 49.5 Å². The van der Waals surface area contributed by atoms with Crippen LogP contribution in [0.3, 0.4) is 0 Å². The van der Waals surface area contributed by atoms with Crippen molar-refractivity contribution in [2.45, 2.75) is 26.2 Å². The van der Waals surface area contributed by atoms with E-state index in [2.05, 4.69) is 91.7 Å². The summed E-state index contributed by atoms with van der Waals surface area (Å²) in [7, 11) is 7.55. The number of anilines is 1. The van der Waals surface area contributed by atoms with Crippen molar-refractivity contribution >= 4 is 16.6 Å². The molecule has 0 saturated carbocycles. The highest BCUT2D eigenvalue weighted by atomic mass is 16.5. The highest BCUT2D eigenvalue weighted by Crippen LogP contribution is 2.40. The van der Waals surface area contributed by atoms with Crippen LogP contribution in [0.1, 0.15) is 31.7 Å². The first kappa shape index (κ1) is 24.7. The van der Waals surface area contributed by atoms with Gasteiger partial charge in [-0.2, -0.15) is 0 Å². The van der Waals surface area contributed by atoms with Crippen molar-refractivity contribution in [3.8, 4) is 33.9 Å². The summed E-state index contributed by atoms with van der Waals surface area (Å²) >= 11 is 0. The lowest BCUT2D eigenvalue weighted by molar-refractivity contribution is 0.355. The van der Waals surface area contributed by atoms with Crippen LogP contribution >= 0.6 is 0 Å². The van der Waals surface area contributed by atoms with Crippen LogP contribution in [-0.4, -0.2) is 51.3 Å². The molecule has 0 aliphatic heterocycles. The van der Waals surface area contributed by atoms with Crippen LogP contribution in [0.2, 0.25) is 0 Å². The van der Waals surface area contributed by atoms with Gasteiger partial charge >= 0.3 is 0 Å². The first-order valence-corrected chi connectivity index (χ1v) is 12.3. The molecule has 35 heavy (non-hydrogen) atoms. The van der Waals surface area contributed by atoms with Gasteiger partial charge in [0, 0.05) is 28.7 Å². The number of fused-ring (bicyclic) bond motifs is 1. The van der Waals surface area contributed by atoms with Crippen LogP contribution in [0, 0.1) is 0 Å². The van der Waals surface area contributed by atoms with Crippen molar-refractivity contribution in [1.29, 1.82) is 0 Å². The van der Waals surface area contributed by atoms with Gasteiger partial charge in [0.2, 0.25) is 0 Å². The highest BCUT2D eigenvalue weighted by molar-refractivity contribution is 5.94. The molecule has 5 nitrogen and oxygen atoms in total. The number of benzene rings is 3.